The van der Waals surface area contributed by atoms with Crippen molar-refractivity contribution in [3.63, 3.8) is 0 Å². The number of anilines is 2. The molecule has 1 aliphatic heterocycles. The van der Waals surface area contributed by atoms with Gasteiger partial charge in [0, 0.05) is 50.8 Å². The minimum Gasteiger partial charge on any atom is -0.353 e. The van der Waals surface area contributed by atoms with Crippen LogP contribution in [0, 0.1) is 0 Å². The molecule has 0 unspecified atom stereocenters. The molecule has 1 aliphatic rings. The second-order valence-electron chi connectivity index (χ2n) is 8.20. The highest BCUT2D eigenvalue weighted by atomic mass is 35.5. The van der Waals surface area contributed by atoms with Crippen molar-refractivity contribution in [3.05, 3.63) is 71.0 Å². The molecular formula is C24H25ClN6OS. The number of hydrogen-bond donors (Lipinski definition) is 1. The highest BCUT2D eigenvalue weighted by Gasteiger charge is 2.20. The van der Waals surface area contributed by atoms with Gasteiger partial charge in [0.1, 0.15) is 11.0 Å². The number of piperazine rings is 1. The van der Waals surface area contributed by atoms with Crippen LogP contribution in [0.25, 0.3) is 10.1 Å². The van der Waals surface area contributed by atoms with Crippen molar-refractivity contribution in [1.82, 2.24) is 19.1 Å². The molecule has 1 N–H and O–H groups in total. The number of carbonyl (C=O) groups is 1. The van der Waals surface area contributed by atoms with Crippen LogP contribution in [0.1, 0.15) is 15.9 Å². The van der Waals surface area contributed by atoms with Gasteiger partial charge in [0.25, 0.3) is 5.91 Å². The molecule has 0 aliphatic carbocycles. The van der Waals surface area contributed by atoms with Gasteiger partial charge in [0.2, 0.25) is 0 Å². The molecule has 0 saturated carbocycles. The molecule has 3 heterocycles. The number of hydrogen-bond acceptors (Lipinski definition) is 6. The van der Waals surface area contributed by atoms with Gasteiger partial charge in [0.05, 0.1) is 16.5 Å². The molecule has 7 nitrogen and oxygen atoms in total. The van der Waals surface area contributed by atoms with Crippen molar-refractivity contribution in [2.45, 2.75) is 6.42 Å². The highest BCUT2D eigenvalue weighted by Crippen LogP contribution is 2.29. The summed E-state index contributed by atoms with van der Waals surface area (Å²) in [6.07, 6.45) is 2.45. The Bertz CT molecular complexity index is 1260. The van der Waals surface area contributed by atoms with E-state index in [1.165, 1.54) is 26.5 Å². The number of carbonyl (C=O) groups excluding carboxylic acids is 1. The Morgan fingerprint density at radius 1 is 1.09 bits per heavy atom. The van der Waals surface area contributed by atoms with E-state index in [1.54, 1.807) is 18.6 Å². The Kier molecular flexibility index (Phi) is 6.30. The summed E-state index contributed by atoms with van der Waals surface area (Å²) in [4.78, 5) is 17.3. The quantitative estimate of drug-likeness (QED) is 0.445. The van der Waals surface area contributed by atoms with Crippen molar-refractivity contribution in [2.75, 3.05) is 42.9 Å². The lowest BCUT2D eigenvalue weighted by Crippen LogP contribution is -2.47. The average Bonchev–Trinajstić information content (AvgIpc) is 3.42. The first-order chi connectivity index (χ1) is 16.1. The lowest BCUT2D eigenvalue weighted by Gasteiger charge is -2.35. The lowest BCUT2D eigenvalue weighted by atomic mass is 10.1. The summed E-state index contributed by atoms with van der Waals surface area (Å²) in [6.45, 7) is 5.07. The van der Waals surface area contributed by atoms with Gasteiger partial charge in [-0.2, -0.15) is 9.47 Å². The van der Waals surface area contributed by atoms with Crippen LogP contribution in [-0.4, -0.2) is 57.7 Å². The van der Waals surface area contributed by atoms with Gasteiger partial charge in [-0.25, -0.2) is 0 Å². The van der Waals surface area contributed by atoms with E-state index >= 15 is 0 Å². The SMILES string of the molecule is Cn1ncc(C(=O)Nc2ccc(CCN3CCN(c4nsc5ccccc45)CC3)cc2)c1Cl. The van der Waals surface area contributed by atoms with Crippen molar-refractivity contribution >= 4 is 50.6 Å². The Hall–Kier alpha value is -2.94. The third-order valence-electron chi connectivity index (χ3n) is 6.07. The van der Waals surface area contributed by atoms with Gasteiger partial charge in [0.15, 0.2) is 0 Å². The molecule has 170 valence electrons. The summed E-state index contributed by atoms with van der Waals surface area (Å²) < 4.78 is 7.42. The fraction of sp³-hybridized carbons (Fsp3) is 0.292. The van der Waals surface area contributed by atoms with Crippen LogP contribution >= 0.6 is 23.1 Å². The van der Waals surface area contributed by atoms with E-state index in [2.05, 4.69) is 56.6 Å². The maximum absolute atomic E-state index is 12.4. The number of aromatic nitrogens is 3. The number of nitrogens with zero attached hydrogens (tertiary/aromatic N) is 5. The van der Waals surface area contributed by atoms with Gasteiger partial charge in [-0.05, 0) is 47.8 Å². The topological polar surface area (TPSA) is 66.3 Å². The zero-order valence-corrected chi connectivity index (χ0v) is 19.9. The molecule has 0 spiro atoms. The standard InChI is InChI=1S/C24H25ClN6OS/c1-29-22(25)20(16-26-29)24(32)27-18-8-6-17(7-9-18)10-11-30-12-14-31(15-13-30)23-19-4-2-3-5-21(19)33-28-23/h2-9,16H,10-15H2,1H3,(H,27,32). The fourth-order valence-electron chi connectivity index (χ4n) is 4.10. The largest absolute Gasteiger partial charge is 0.353 e. The number of fused-ring (bicyclic) bond motifs is 1. The van der Waals surface area contributed by atoms with Crippen molar-refractivity contribution in [1.29, 1.82) is 0 Å². The Labute approximate surface area is 201 Å². The average molecular weight is 481 g/mol. The maximum Gasteiger partial charge on any atom is 0.260 e. The van der Waals surface area contributed by atoms with E-state index in [9.17, 15) is 4.79 Å². The second kappa shape index (κ2) is 9.51. The molecule has 33 heavy (non-hydrogen) atoms. The third-order valence-corrected chi connectivity index (χ3v) is 7.33. The van der Waals surface area contributed by atoms with Crippen molar-refractivity contribution in [3.8, 4) is 0 Å². The molecular weight excluding hydrogens is 456 g/mol. The maximum atomic E-state index is 12.4. The zero-order valence-electron chi connectivity index (χ0n) is 18.4. The fourth-order valence-corrected chi connectivity index (χ4v) is 5.07. The van der Waals surface area contributed by atoms with E-state index in [4.69, 9.17) is 16.0 Å². The third kappa shape index (κ3) is 4.73. The van der Waals surface area contributed by atoms with Gasteiger partial charge >= 0.3 is 0 Å². The van der Waals surface area contributed by atoms with Gasteiger partial charge in [-0.15, -0.1) is 0 Å². The van der Waals surface area contributed by atoms with E-state index in [0.29, 0.717) is 10.7 Å². The first kappa shape index (κ1) is 21.9. The Balaban J connectivity index is 1.11. The number of rotatable bonds is 6. The molecule has 0 bridgehead atoms. The van der Waals surface area contributed by atoms with Crippen LogP contribution in [0.5, 0.6) is 0 Å². The van der Waals surface area contributed by atoms with Gasteiger partial charge in [-0.3, -0.25) is 14.4 Å². The van der Waals surface area contributed by atoms with Gasteiger partial charge in [-0.1, -0.05) is 35.9 Å². The van der Waals surface area contributed by atoms with Crippen molar-refractivity contribution < 1.29 is 4.79 Å². The zero-order chi connectivity index (χ0) is 22.8. The molecule has 1 fully saturated rings. The molecule has 0 atom stereocenters. The predicted molar refractivity (Wildman–Crippen MR) is 135 cm³/mol. The molecule has 1 amide bonds. The van der Waals surface area contributed by atoms with E-state index in [0.717, 1.165) is 50.6 Å². The molecule has 0 radical (unpaired) electrons. The summed E-state index contributed by atoms with van der Waals surface area (Å²) in [6, 6.07) is 16.5. The normalized spacial score (nSPS) is 14.7. The molecule has 2 aromatic carbocycles. The van der Waals surface area contributed by atoms with Crippen molar-refractivity contribution in [2.24, 2.45) is 7.05 Å². The number of amides is 1. The molecule has 5 rings (SSSR count). The number of nitrogens with one attached hydrogen (secondary N) is 1. The van der Waals surface area contributed by atoms with E-state index < -0.39 is 0 Å². The minimum atomic E-state index is -0.258. The summed E-state index contributed by atoms with van der Waals surface area (Å²) in [5.41, 5.74) is 2.36. The highest BCUT2D eigenvalue weighted by molar-refractivity contribution is 7.13. The number of halogens is 1. The predicted octanol–water partition coefficient (Wildman–Crippen LogP) is 4.30. The molecule has 9 heteroatoms. The minimum absolute atomic E-state index is 0.258. The van der Waals surface area contributed by atoms with Crippen LogP contribution in [0.2, 0.25) is 5.15 Å². The molecule has 1 saturated heterocycles. The Morgan fingerprint density at radius 2 is 1.85 bits per heavy atom. The van der Waals surface area contributed by atoms with Crippen LogP contribution in [0.4, 0.5) is 11.5 Å². The molecule has 4 aromatic rings. The second-order valence-corrected chi connectivity index (χ2v) is 9.37. The van der Waals surface area contributed by atoms with Crippen LogP contribution in [-0.2, 0) is 13.5 Å². The van der Waals surface area contributed by atoms with Crippen LogP contribution in [0.15, 0.2) is 54.7 Å². The summed E-state index contributed by atoms with van der Waals surface area (Å²) in [7, 11) is 1.70. The number of benzene rings is 2. The first-order valence-corrected chi connectivity index (χ1v) is 12.1. The monoisotopic (exact) mass is 480 g/mol. The smallest absolute Gasteiger partial charge is 0.260 e. The van der Waals surface area contributed by atoms with Crippen LogP contribution < -0.4 is 10.2 Å². The number of aryl methyl sites for hydroxylation is 1. The van der Waals surface area contributed by atoms with E-state index in [1.807, 2.05) is 12.1 Å². The van der Waals surface area contributed by atoms with Gasteiger partial charge < -0.3 is 10.2 Å². The summed E-state index contributed by atoms with van der Waals surface area (Å²) in [5, 5.41) is 8.47. The molecule has 2 aromatic heterocycles. The van der Waals surface area contributed by atoms with Crippen LogP contribution in [0.3, 0.4) is 0 Å². The first-order valence-electron chi connectivity index (χ1n) is 11.0. The lowest BCUT2D eigenvalue weighted by molar-refractivity contribution is 0.102. The van der Waals surface area contributed by atoms with E-state index in [-0.39, 0.29) is 5.91 Å². The Morgan fingerprint density at radius 3 is 2.58 bits per heavy atom. The summed E-state index contributed by atoms with van der Waals surface area (Å²) in [5.74, 6) is 0.868. The summed E-state index contributed by atoms with van der Waals surface area (Å²) >= 11 is 7.68.